The van der Waals surface area contributed by atoms with Crippen molar-refractivity contribution in [3.8, 4) is 50.5 Å². The van der Waals surface area contributed by atoms with Crippen molar-refractivity contribution in [2.24, 2.45) is 0 Å². The van der Waals surface area contributed by atoms with Crippen LogP contribution in [0.15, 0.2) is 212 Å². The second kappa shape index (κ2) is 12.9. The van der Waals surface area contributed by atoms with Gasteiger partial charge in [-0.25, -0.2) is 9.97 Å². The fourth-order valence-electron chi connectivity index (χ4n) is 11.8. The number of thiophene rings is 1. The predicted octanol–water partition coefficient (Wildman–Crippen LogP) is 15.9. The minimum atomic E-state index is -0.466. The van der Waals surface area contributed by atoms with E-state index in [0.29, 0.717) is 0 Å². The largest absolute Gasteiger partial charge is 0.309 e. The zero-order valence-electron chi connectivity index (χ0n) is 35.0. The SMILES string of the molecule is c1ccc2c(c1)-c1ccccc1C21c2ccccc2-c2c(-c3nc4sc5ccccc5c4nc3-c3cccc4c(-n5c6ccccc6c6cc7ccccc7cc65)cccc34)cccc21. The quantitative estimate of drug-likeness (QED) is 0.177. The molecule has 65 heavy (non-hydrogen) atoms. The Morgan fingerprint density at radius 1 is 0.369 bits per heavy atom. The number of hydrogen-bond donors (Lipinski definition) is 0. The summed E-state index contributed by atoms with van der Waals surface area (Å²) in [6.45, 7) is 0. The normalized spacial score (nSPS) is 13.4. The molecule has 13 aromatic rings. The van der Waals surface area contributed by atoms with E-state index in [2.05, 4.69) is 217 Å². The van der Waals surface area contributed by atoms with Gasteiger partial charge in [0.05, 0.1) is 33.5 Å². The molecule has 0 saturated carbocycles. The Morgan fingerprint density at radius 3 is 1.74 bits per heavy atom. The number of para-hydroxylation sites is 1. The van der Waals surface area contributed by atoms with Crippen LogP contribution in [0.4, 0.5) is 0 Å². The van der Waals surface area contributed by atoms with Crippen LogP contribution in [-0.4, -0.2) is 14.5 Å². The molecule has 0 atom stereocenters. The summed E-state index contributed by atoms with van der Waals surface area (Å²) in [5, 5.41) is 8.39. The van der Waals surface area contributed by atoms with Gasteiger partial charge in [0.25, 0.3) is 0 Å². The highest BCUT2D eigenvalue weighted by Gasteiger charge is 2.52. The first-order valence-electron chi connectivity index (χ1n) is 22.3. The molecule has 2 aliphatic rings. The standard InChI is InChI=1S/C61H35N3S/c1-2-17-37-35-54-47(34-36(37)16-1)42-20-6-11-31-52(42)64(54)53-32-15-23-38-41(53)24-13-25-43(38)57-58(63-60-59(62-57)45-22-7-12-33-55(45)65-60)46-26-14-30-51-56(46)44-21-5-10-29-50(44)61(51)48-27-8-3-18-39(48)40-19-4-9-28-49(40)61/h1-35H. The third kappa shape index (κ3) is 4.58. The van der Waals surface area contributed by atoms with Crippen molar-refractivity contribution in [1.82, 2.24) is 14.5 Å². The first-order valence-corrected chi connectivity index (χ1v) is 23.1. The maximum Gasteiger partial charge on any atom is 0.143 e. The Balaban J connectivity index is 1.03. The van der Waals surface area contributed by atoms with Crippen molar-refractivity contribution in [2.75, 3.05) is 0 Å². The first kappa shape index (κ1) is 35.3. The average molecular weight is 842 g/mol. The second-order valence-electron chi connectivity index (χ2n) is 17.5. The Bertz CT molecular complexity index is 4160. The molecule has 4 heteroatoms. The predicted molar refractivity (Wildman–Crippen MR) is 271 cm³/mol. The van der Waals surface area contributed by atoms with Crippen molar-refractivity contribution in [2.45, 2.75) is 5.41 Å². The van der Waals surface area contributed by atoms with E-state index in [1.54, 1.807) is 11.3 Å². The van der Waals surface area contributed by atoms with Crippen molar-refractivity contribution in [3.05, 3.63) is 235 Å². The number of aromatic nitrogens is 3. The molecule has 0 amide bonds. The zero-order valence-corrected chi connectivity index (χ0v) is 35.8. The van der Waals surface area contributed by atoms with Gasteiger partial charge in [0, 0.05) is 37.4 Å². The maximum absolute atomic E-state index is 5.77. The van der Waals surface area contributed by atoms with E-state index in [1.165, 1.54) is 81.8 Å². The van der Waals surface area contributed by atoms with Crippen LogP contribution in [0.3, 0.4) is 0 Å². The van der Waals surface area contributed by atoms with Gasteiger partial charge < -0.3 is 4.57 Å². The van der Waals surface area contributed by atoms with Crippen molar-refractivity contribution < 1.29 is 0 Å². The molecule has 0 radical (unpaired) electrons. The summed E-state index contributed by atoms with van der Waals surface area (Å²) < 4.78 is 3.65. The maximum atomic E-state index is 5.77. The van der Waals surface area contributed by atoms with Gasteiger partial charge in [0.1, 0.15) is 10.3 Å². The lowest BCUT2D eigenvalue weighted by Gasteiger charge is -2.30. The molecule has 3 heterocycles. The molecule has 0 N–H and O–H groups in total. The summed E-state index contributed by atoms with van der Waals surface area (Å²) in [5.41, 5.74) is 18.2. The van der Waals surface area contributed by atoms with Crippen molar-refractivity contribution in [3.63, 3.8) is 0 Å². The topological polar surface area (TPSA) is 30.7 Å². The molecular formula is C61H35N3S. The summed E-state index contributed by atoms with van der Waals surface area (Å²) in [5.74, 6) is 0. The second-order valence-corrected chi connectivity index (χ2v) is 18.6. The molecule has 2 aliphatic carbocycles. The number of benzene rings is 10. The van der Waals surface area contributed by atoms with Gasteiger partial charge >= 0.3 is 0 Å². The smallest absolute Gasteiger partial charge is 0.143 e. The van der Waals surface area contributed by atoms with E-state index >= 15 is 0 Å². The van der Waals surface area contributed by atoms with Crippen LogP contribution in [0.25, 0.3) is 114 Å². The van der Waals surface area contributed by atoms with Gasteiger partial charge in [-0.05, 0) is 91.0 Å². The van der Waals surface area contributed by atoms with Crippen LogP contribution in [0.5, 0.6) is 0 Å². The first-order chi connectivity index (χ1) is 32.3. The van der Waals surface area contributed by atoms with Gasteiger partial charge in [0.2, 0.25) is 0 Å². The van der Waals surface area contributed by atoms with Gasteiger partial charge in [0.15, 0.2) is 0 Å². The minimum Gasteiger partial charge on any atom is -0.309 e. The lowest BCUT2D eigenvalue weighted by molar-refractivity contribution is 0.794. The summed E-state index contributed by atoms with van der Waals surface area (Å²) in [6.07, 6.45) is 0. The highest BCUT2D eigenvalue weighted by molar-refractivity contribution is 7.25. The van der Waals surface area contributed by atoms with Gasteiger partial charge in [-0.15, -0.1) is 11.3 Å². The molecule has 10 aromatic carbocycles. The van der Waals surface area contributed by atoms with Crippen LogP contribution >= 0.6 is 11.3 Å². The van der Waals surface area contributed by atoms with Crippen molar-refractivity contribution >= 4 is 75.1 Å². The molecule has 0 fully saturated rings. The lowest BCUT2D eigenvalue weighted by atomic mass is 9.70. The molecule has 3 nitrogen and oxygen atoms in total. The summed E-state index contributed by atoms with van der Waals surface area (Å²) >= 11 is 1.72. The van der Waals surface area contributed by atoms with E-state index in [0.717, 1.165) is 54.7 Å². The highest BCUT2D eigenvalue weighted by atomic mass is 32.1. The van der Waals surface area contributed by atoms with Crippen LogP contribution in [0.2, 0.25) is 0 Å². The molecule has 0 bridgehead atoms. The Labute approximate surface area is 378 Å². The molecule has 3 aromatic heterocycles. The summed E-state index contributed by atoms with van der Waals surface area (Å²) in [6, 6.07) is 78.3. The fourth-order valence-corrected chi connectivity index (χ4v) is 12.9. The van der Waals surface area contributed by atoms with Crippen LogP contribution < -0.4 is 0 Å². The Hall–Kier alpha value is -8.18. The molecular weight excluding hydrogens is 807 g/mol. The summed E-state index contributed by atoms with van der Waals surface area (Å²) in [4.78, 5) is 12.5. The molecule has 300 valence electrons. The summed E-state index contributed by atoms with van der Waals surface area (Å²) in [7, 11) is 0. The van der Waals surface area contributed by atoms with Crippen LogP contribution in [-0.2, 0) is 5.41 Å². The third-order valence-electron chi connectivity index (χ3n) is 14.4. The van der Waals surface area contributed by atoms with Crippen molar-refractivity contribution in [1.29, 1.82) is 0 Å². The monoisotopic (exact) mass is 841 g/mol. The average Bonchev–Trinajstić information content (AvgIpc) is 4.08. The van der Waals surface area contributed by atoms with Crippen LogP contribution in [0.1, 0.15) is 22.3 Å². The van der Waals surface area contributed by atoms with E-state index in [9.17, 15) is 0 Å². The van der Waals surface area contributed by atoms with Gasteiger partial charge in [-0.1, -0.05) is 182 Å². The number of hydrogen-bond acceptors (Lipinski definition) is 3. The minimum absolute atomic E-state index is 0.466. The molecule has 0 aliphatic heterocycles. The van der Waals surface area contributed by atoms with Crippen LogP contribution in [0, 0.1) is 0 Å². The Kier molecular flexibility index (Phi) is 7.03. The van der Waals surface area contributed by atoms with E-state index in [4.69, 9.17) is 9.97 Å². The van der Waals surface area contributed by atoms with Gasteiger partial charge in [-0.3, -0.25) is 0 Å². The molecule has 0 unspecified atom stereocenters. The third-order valence-corrected chi connectivity index (χ3v) is 15.5. The molecule has 0 saturated heterocycles. The fraction of sp³-hybridized carbons (Fsp3) is 0.0164. The number of rotatable bonds is 3. The number of fused-ring (bicyclic) bond motifs is 18. The Morgan fingerprint density at radius 2 is 0.923 bits per heavy atom. The number of nitrogens with zero attached hydrogens (tertiary/aromatic N) is 3. The lowest BCUT2D eigenvalue weighted by Crippen LogP contribution is -2.25. The van der Waals surface area contributed by atoms with Gasteiger partial charge in [-0.2, -0.15) is 0 Å². The van der Waals surface area contributed by atoms with E-state index < -0.39 is 5.41 Å². The van der Waals surface area contributed by atoms with E-state index in [-0.39, 0.29) is 0 Å². The highest BCUT2D eigenvalue weighted by Crippen LogP contribution is 2.64. The zero-order chi connectivity index (χ0) is 42.4. The van der Waals surface area contributed by atoms with E-state index in [1.807, 2.05) is 0 Å². The molecule has 1 spiro atoms. The molecule has 15 rings (SSSR count).